The van der Waals surface area contributed by atoms with Crippen LogP contribution in [0.3, 0.4) is 0 Å². The Labute approximate surface area is 238 Å². The summed E-state index contributed by atoms with van der Waals surface area (Å²) in [7, 11) is 0. The lowest BCUT2D eigenvalue weighted by atomic mass is 10.2. The molecule has 0 spiro atoms. The van der Waals surface area contributed by atoms with E-state index in [-0.39, 0.29) is 40.2 Å². The Morgan fingerprint density at radius 1 is 1.00 bits per heavy atom. The van der Waals surface area contributed by atoms with Gasteiger partial charge >= 0.3 is 0 Å². The Morgan fingerprint density at radius 2 is 1.76 bits per heavy atom. The molecular weight excluding hydrogens is 548 g/mol. The van der Waals surface area contributed by atoms with E-state index in [9.17, 15) is 18.8 Å². The number of nitrogens with one attached hydrogen (secondary N) is 2. The van der Waals surface area contributed by atoms with Crippen LogP contribution >= 0.6 is 0 Å². The van der Waals surface area contributed by atoms with Crippen molar-refractivity contribution >= 4 is 29.4 Å². The smallest absolute Gasteiger partial charge is 0.284 e. The number of piperazine rings is 1. The van der Waals surface area contributed by atoms with Crippen LogP contribution < -0.4 is 26.7 Å². The topological polar surface area (TPSA) is 144 Å². The molecule has 13 heteroatoms. The Kier molecular flexibility index (Phi) is 8.29. The monoisotopic (exact) mass is 573 g/mol. The van der Waals surface area contributed by atoms with Gasteiger partial charge in [0.15, 0.2) is 11.6 Å². The molecule has 0 saturated carbocycles. The number of anilines is 2. The molecule has 0 aliphatic carbocycles. The fourth-order valence-corrected chi connectivity index (χ4v) is 4.20. The lowest BCUT2D eigenvalue weighted by Gasteiger charge is -2.26. The average molecular weight is 574 g/mol. The number of carbonyl (C=O) groups excluding carboxylic acids is 2. The first kappa shape index (κ1) is 28.1. The molecule has 1 aliphatic heterocycles. The summed E-state index contributed by atoms with van der Waals surface area (Å²) in [4.78, 5) is 44.0. The molecule has 1 aliphatic rings. The molecule has 1 saturated heterocycles. The van der Waals surface area contributed by atoms with Crippen molar-refractivity contribution in [2.24, 2.45) is 0 Å². The van der Waals surface area contributed by atoms with Crippen molar-refractivity contribution in [3.8, 4) is 17.2 Å². The van der Waals surface area contributed by atoms with Gasteiger partial charge in [0, 0.05) is 56.4 Å². The van der Waals surface area contributed by atoms with Crippen LogP contribution in [-0.4, -0.2) is 57.7 Å². The van der Waals surface area contributed by atoms with Crippen molar-refractivity contribution in [3.05, 3.63) is 106 Å². The fraction of sp³-hybridized carbons (Fsp3) is 0.138. The summed E-state index contributed by atoms with van der Waals surface area (Å²) in [6, 6.07) is 11.4. The maximum absolute atomic E-state index is 15.1. The van der Waals surface area contributed by atoms with Gasteiger partial charge in [0.25, 0.3) is 11.5 Å². The van der Waals surface area contributed by atoms with Gasteiger partial charge in [0.05, 0.1) is 11.3 Å². The molecule has 11 nitrogen and oxygen atoms in total. The molecule has 0 atom stereocenters. The van der Waals surface area contributed by atoms with Crippen molar-refractivity contribution in [2.45, 2.75) is 0 Å². The van der Waals surface area contributed by atoms with Gasteiger partial charge in [-0.25, -0.2) is 13.8 Å². The number of hydrogen-bond acceptors (Lipinski definition) is 8. The van der Waals surface area contributed by atoms with Gasteiger partial charge in [0.1, 0.15) is 22.9 Å². The lowest BCUT2D eigenvalue weighted by Crippen LogP contribution is -2.45. The third-order valence-corrected chi connectivity index (χ3v) is 6.37. The predicted octanol–water partition coefficient (Wildman–Crippen LogP) is 2.98. The van der Waals surface area contributed by atoms with E-state index in [4.69, 9.17) is 10.5 Å². The molecule has 0 unspecified atom stereocenters. The van der Waals surface area contributed by atoms with Gasteiger partial charge in [-0.15, -0.1) is 0 Å². The molecule has 2 aromatic carbocycles. The lowest BCUT2D eigenvalue weighted by molar-refractivity contribution is -0.126. The van der Waals surface area contributed by atoms with Crippen molar-refractivity contribution < 1.29 is 23.1 Å². The molecule has 1 fully saturated rings. The number of ether oxygens (including phenoxy) is 1. The highest BCUT2D eigenvalue weighted by Crippen LogP contribution is 2.32. The number of pyridine rings is 1. The van der Waals surface area contributed by atoms with Gasteiger partial charge in [0.2, 0.25) is 5.91 Å². The Hall–Kier alpha value is -5.43. The van der Waals surface area contributed by atoms with E-state index in [1.807, 2.05) is 0 Å². The number of nitrogen functional groups attached to an aromatic ring is 1. The minimum absolute atomic E-state index is 0.0605. The number of nitrogens with two attached hydrogens (primary N) is 1. The van der Waals surface area contributed by atoms with E-state index in [0.717, 1.165) is 22.9 Å². The number of aromatic nitrogens is 3. The second-order valence-corrected chi connectivity index (χ2v) is 9.16. The summed E-state index contributed by atoms with van der Waals surface area (Å²) in [5, 5.41) is 9.59. The number of nitrogens with zero attached hydrogens (tertiary/aromatic N) is 4. The summed E-state index contributed by atoms with van der Waals surface area (Å²) in [6.45, 7) is 2.56. The Bertz CT molecular complexity index is 1720. The van der Waals surface area contributed by atoms with Crippen LogP contribution in [0.4, 0.5) is 20.3 Å². The zero-order valence-electron chi connectivity index (χ0n) is 22.1. The molecule has 2 amide bonds. The van der Waals surface area contributed by atoms with E-state index in [0.29, 0.717) is 31.7 Å². The summed E-state index contributed by atoms with van der Waals surface area (Å²) in [6.07, 6.45) is 5.48. The fourth-order valence-electron chi connectivity index (χ4n) is 4.20. The van der Waals surface area contributed by atoms with Crippen molar-refractivity contribution in [3.63, 3.8) is 0 Å². The molecular formula is C29H25F2N7O4. The highest BCUT2D eigenvalue weighted by molar-refractivity contribution is 6.04. The summed E-state index contributed by atoms with van der Waals surface area (Å²) < 4.78 is 35.0. The molecule has 4 N–H and O–H groups in total. The highest BCUT2D eigenvalue weighted by Gasteiger charge is 2.17. The number of amides is 2. The SMILES string of the molecule is Nc1nccc(Oc2ccc(NC(=O)c3ccnn(-c4ccc(F)cc4)c3=O)cc2F)c1/C=C/C(=O)N1CCNCC1. The highest BCUT2D eigenvalue weighted by atomic mass is 19.1. The van der Waals surface area contributed by atoms with Crippen molar-refractivity contribution in [1.82, 2.24) is 25.0 Å². The van der Waals surface area contributed by atoms with Crippen LogP contribution in [0.2, 0.25) is 0 Å². The maximum atomic E-state index is 15.1. The van der Waals surface area contributed by atoms with Gasteiger partial charge < -0.3 is 26.0 Å². The Morgan fingerprint density at radius 3 is 2.50 bits per heavy atom. The number of benzene rings is 2. The van der Waals surface area contributed by atoms with Gasteiger partial charge in [-0.05, 0) is 54.6 Å². The van der Waals surface area contributed by atoms with Gasteiger partial charge in [-0.2, -0.15) is 9.78 Å². The van der Waals surface area contributed by atoms with Crippen LogP contribution in [0.5, 0.6) is 11.5 Å². The van der Waals surface area contributed by atoms with Crippen molar-refractivity contribution in [1.29, 1.82) is 0 Å². The Balaban J connectivity index is 1.31. The average Bonchev–Trinajstić information content (AvgIpc) is 2.99. The third-order valence-electron chi connectivity index (χ3n) is 6.37. The zero-order chi connectivity index (χ0) is 29.6. The number of halogens is 2. The molecule has 0 bridgehead atoms. The second-order valence-electron chi connectivity index (χ2n) is 9.16. The predicted molar refractivity (Wildman–Crippen MR) is 151 cm³/mol. The molecule has 2 aromatic heterocycles. The molecule has 42 heavy (non-hydrogen) atoms. The third kappa shape index (κ3) is 6.31. The number of carbonyl (C=O) groups is 2. The van der Waals surface area contributed by atoms with E-state index in [1.54, 1.807) is 4.90 Å². The minimum Gasteiger partial charge on any atom is -0.453 e. The first-order valence-electron chi connectivity index (χ1n) is 12.9. The zero-order valence-corrected chi connectivity index (χ0v) is 22.1. The van der Waals surface area contributed by atoms with Gasteiger partial charge in [-0.3, -0.25) is 14.4 Å². The largest absolute Gasteiger partial charge is 0.453 e. The molecule has 3 heterocycles. The van der Waals surface area contributed by atoms with Crippen LogP contribution in [-0.2, 0) is 4.79 Å². The van der Waals surface area contributed by atoms with E-state index >= 15 is 4.39 Å². The molecule has 0 radical (unpaired) electrons. The number of rotatable bonds is 7. The molecule has 4 aromatic rings. The normalized spacial score (nSPS) is 13.2. The van der Waals surface area contributed by atoms with Crippen LogP contribution in [0, 0.1) is 11.6 Å². The molecule has 5 rings (SSSR count). The first-order valence-corrected chi connectivity index (χ1v) is 12.9. The summed E-state index contributed by atoms with van der Waals surface area (Å²) in [5.41, 5.74) is 5.64. The van der Waals surface area contributed by atoms with Crippen LogP contribution in [0.25, 0.3) is 11.8 Å². The van der Waals surface area contributed by atoms with Crippen LogP contribution in [0.1, 0.15) is 15.9 Å². The first-order chi connectivity index (χ1) is 20.3. The van der Waals surface area contributed by atoms with Gasteiger partial charge in [-0.1, -0.05) is 0 Å². The maximum Gasteiger partial charge on any atom is 0.284 e. The van der Waals surface area contributed by atoms with E-state index in [2.05, 4.69) is 20.7 Å². The van der Waals surface area contributed by atoms with E-state index < -0.39 is 23.1 Å². The molecule has 214 valence electrons. The number of hydrogen-bond donors (Lipinski definition) is 3. The second kappa shape index (κ2) is 12.4. The minimum atomic E-state index is -0.812. The summed E-state index contributed by atoms with van der Waals surface area (Å²) >= 11 is 0. The van der Waals surface area contributed by atoms with E-state index in [1.165, 1.54) is 60.9 Å². The standard InChI is InChI=1S/C29H25F2N7O4/c30-18-1-4-20(5-2-18)38-29(41)22(9-12-35-38)28(40)36-19-3-7-25(23(31)17-19)42-24-10-11-34-27(32)21(24)6-8-26(39)37-15-13-33-14-16-37/h1-12,17,33H,13-16H2,(H2,32,34)(H,36,40)/b8-6+. The summed E-state index contributed by atoms with van der Waals surface area (Å²) in [5.74, 6) is -2.22. The van der Waals surface area contributed by atoms with Crippen molar-refractivity contribution in [2.75, 3.05) is 37.2 Å². The van der Waals surface area contributed by atoms with Crippen LogP contribution in [0.15, 0.2) is 77.9 Å². The quantitative estimate of drug-likeness (QED) is 0.286.